The minimum atomic E-state index is -0.0980. The Bertz CT molecular complexity index is 2100. The second-order valence-corrected chi connectivity index (χ2v) is 12.5. The lowest BCUT2D eigenvalue weighted by Gasteiger charge is -2.22. The fourth-order valence-electron chi connectivity index (χ4n) is 6.82. The molecule has 1 nitrogen and oxygen atoms in total. The molecule has 0 aliphatic heterocycles. The second-order valence-electron chi connectivity index (χ2n) is 12.5. The maximum atomic E-state index is 5.18. The zero-order valence-electron chi connectivity index (χ0n) is 25.5. The fraction of sp³-hybridized carbons (Fsp3) is 0.0682. The van der Waals surface area contributed by atoms with Crippen LogP contribution in [0.15, 0.2) is 164 Å². The van der Waals surface area contributed by atoms with E-state index < -0.39 is 0 Å². The molecule has 1 heterocycles. The molecule has 0 saturated carbocycles. The van der Waals surface area contributed by atoms with Crippen LogP contribution in [0.3, 0.4) is 0 Å². The van der Waals surface area contributed by atoms with Gasteiger partial charge in [0, 0.05) is 16.5 Å². The van der Waals surface area contributed by atoms with Gasteiger partial charge in [-0.25, -0.2) is 4.98 Å². The number of fused-ring (bicyclic) bond motifs is 3. The minimum absolute atomic E-state index is 0.0980. The van der Waals surface area contributed by atoms with E-state index in [1.54, 1.807) is 0 Å². The van der Waals surface area contributed by atoms with Crippen LogP contribution in [0.5, 0.6) is 0 Å². The number of rotatable bonds is 5. The maximum Gasteiger partial charge on any atom is 0.0715 e. The van der Waals surface area contributed by atoms with Crippen LogP contribution < -0.4 is 0 Å². The van der Waals surface area contributed by atoms with Gasteiger partial charge in [-0.2, -0.15) is 0 Å². The Morgan fingerprint density at radius 1 is 0.333 bits per heavy atom. The third-order valence-corrected chi connectivity index (χ3v) is 9.28. The molecule has 8 rings (SSSR count). The molecule has 0 radical (unpaired) electrons. The number of nitrogens with zero attached hydrogens (tertiary/aromatic N) is 1. The Morgan fingerprint density at radius 3 is 1.33 bits per heavy atom. The molecule has 0 fully saturated rings. The van der Waals surface area contributed by atoms with Crippen molar-refractivity contribution in [2.75, 3.05) is 0 Å². The summed E-state index contributed by atoms with van der Waals surface area (Å²) in [5, 5.41) is 0. The van der Waals surface area contributed by atoms with Gasteiger partial charge in [-0.1, -0.05) is 147 Å². The van der Waals surface area contributed by atoms with Crippen LogP contribution in [0.25, 0.3) is 67.0 Å². The van der Waals surface area contributed by atoms with Crippen LogP contribution in [0.4, 0.5) is 0 Å². The lowest BCUT2D eigenvalue weighted by Crippen LogP contribution is -2.15. The van der Waals surface area contributed by atoms with Gasteiger partial charge in [-0.05, 0) is 86.0 Å². The van der Waals surface area contributed by atoms with Crippen LogP contribution in [-0.4, -0.2) is 4.98 Å². The van der Waals surface area contributed by atoms with E-state index in [-0.39, 0.29) is 5.41 Å². The zero-order chi connectivity index (χ0) is 30.4. The molecule has 1 aliphatic carbocycles. The molecule has 0 bridgehead atoms. The quantitative estimate of drug-likeness (QED) is 0.199. The van der Waals surface area contributed by atoms with Crippen molar-refractivity contribution in [1.82, 2.24) is 4.98 Å². The van der Waals surface area contributed by atoms with E-state index in [9.17, 15) is 0 Å². The van der Waals surface area contributed by atoms with Gasteiger partial charge in [0.1, 0.15) is 0 Å². The topological polar surface area (TPSA) is 12.9 Å². The Balaban J connectivity index is 1.19. The van der Waals surface area contributed by atoms with Gasteiger partial charge >= 0.3 is 0 Å². The van der Waals surface area contributed by atoms with Gasteiger partial charge < -0.3 is 0 Å². The summed E-state index contributed by atoms with van der Waals surface area (Å²) >= 11 is 0. The van der Waals surface area contributed by atoms with Gasteiger partial charge in [0.2, 0.25) is 0 Å². The highest BCUT2D eigenvalue weighted by Gasteiger charge is 2.35. The number of aromatic nitrogens is 1. The first-order valence-corrected chi connectivity index (χ1v) is 15.6. The Morgan fingerprint density at radius 2 is 0.756 bits per heavy atom. The summed E-state index contributed by atoms with van der Waals surface area (Å²) in [5.41, 5.74) is 16.8. The van der Waals surface area contributed by atoms with E-state index in [1.807, 2.05) is 6.07 Å². The highest BCUT2D eigenvalue weighted by atomic mass is 14.7. The molecule has 0 unspecified atom stereocenters. The monoisotopic (exact) mass is 575 g/mol. The van der Waals surface area contributed by atoms with E-state index in [4.69, 9.17) is 4.98 Å². The third-order valence-electron chi connectivity index (χ3n) is 9.28. The number of hydrogen-bond acceptors (Lipinski definition) is 1. The van der Waals surface area contributed by atoms with Crippen molar-refractivity contribution in [1.29, 1.82) is 0 Å². The van der Waals surface area contributed by atoms with E-state index in [2.05, 4.69) is 172 Å². The van der Waals surface area contributed by atoms with E-state index in [0.29, 0.717) is 0 Å². The molecule has 0 spiro atoms. The SMILES string of the molecule is CC1(C)c2cc(-c3ccccc3)ccc2-c2ccc(-c3cccc(-c4cc(-c5ccccc5)cc(-c5ccccc5)n4)c3)cc21. The summed E-state index contributed by atoms with van der Waals surface area (Å²) in [7, 11) is 0. The molecular weight excluding hydrogens is 542 g/mol. The first-order chi connectivity index (χ1) is 22.0. The molecular formula is C44H33N. The van der Waals surface area contributed by atoms with Crippen LogP contribution in [-0.2, 0) is 5.41 Å². The molecule has 45 heavy (non-hydrogen) atoms. The first kappa shape index (κ1) is 27.0. The van der Waals surface area contributed by atoms with E-state index in [1.165, 1.54) is 50.1 Å². The van der Waals surface area contributed by atoms with Gasteiger partial charge in [0.15, 0.2) is 0 Å². The van der Waals surface area contributed by atoms with Gasteiger partial charge in [-0.3, -0.25) is 0 Å². The Labute approximate surface area is 265 Å². The van der Waals surface area contributed by atoms with Crippen LogP contribution in [0.1, 0.15) is 25.0 Å². The first-order valence-electron chi connectivity index (χ1n) is 15.6. The molecule has 0 amide bonds. The van der Waals surface area contributed by atoms with Crippen molar-refractivity contribution >= 4 is 0 Å². The minimum Gasteiger partial charge on any atom is -0.248 e. The van der Waals surface area contributed by atoms with Crippen LogP contribution in [0, 0.1) is 0 Å². The number of benzene rings is 6. The van der Waals surface area contributed by atoms with Crippen molar-refractivity contribution in [3.05, 3.63) is 175 Å². The average Bonchev–Trinajstić information content (AvgIpc) is 3.34. The second kappa shape index (κ2) is 10.9. The lowest BCUT2D eigenvalue weighted by molar-refractivity contribution is 0.661. The highest BCUT2D eigenvalue weighted by Crippen LogP contribution is 2.50. The summed E-state index contributed by atoms with van der Waals surface area (Å²) in [6.45, 7) is 4.72. The standard InChI is InChI=1S/C44H33N/c1-44(2)40-26-34(30-13-6-3-7-14-30)21-23-38(40)39-24-22-35(27-41(39)44)33-19-12-20-36(25-33)43-29-37(31-15-8-4-9-16-31)28-42(45-43)32-17-10-5-11-18-32/h3-29H,1-2H3. The van der Waals surface area contributed by atoms with E-state index >= 15 is 0 Å². The molecule has 7 aromatic rings. The predicted molar refractivity (Wildman–Crippen MR) is 189 cm³/mol. The number of pyridine rings is 1. The lowest BCUT2D eigenvalue weighted by atomic mass is 9.81. The zero-order valence-corrected chi connectivity index (χ0v) is 25.5. The van der Waals surface area contributed by atoms with Gasteiger partial charge in [0.25, 0.3) is 0 Å². The molecule has 1 heteroatoms. The number of hydrogen-bond donors (Lipinski definition) is 0. The van der Waals surface area contributed by atoms with Crippen LogP contribution >= 0.6 is 0 Å². The van der Waals surface area contributed by atoms with Gasteiger partial charge in [0.05, 0.1) is 11.4 Å². The summed E-state index contributed by atoms with van der Waals surface area (Å²) in [4.78, 5) is 5.18. The summed E-state index contributed by atoms with van der Waals surface area (Å²) < 4.78 is 0. The largest absolute Gasteiger partial charge is 0.248 e. The van der Waals surface area contributed by atoms with Gasteiger partial charge in [-0.15, -0.1) is 0 Å². The van der Waals surface area contributed by atoms with Crippen LogP contribution in [0.2, 0.25) is 0 Å². The average molecular weight is 576 g/mol. The Hall–Kier alpha value is -5.53. The summed E-state index contributed by atoms with van der Waals surface area (Å²) in [5.74, 6) is 0. The molecule has 0 atom stereocenters. The summed E-state index contributed by atoms with van der Waals surface area (Å²) in [6.07, 6.45) is 0. The molecule has 0 N–H and O–H groups in total. The molecule has 214 valence electrons. The highest BCUT2D eigenvalue weighted by molar-refractivity contribution is 5.86. The predicted octanol–water partition coefficient (Wildman–Crippen LogP) is 11.7. The van der Waals surface area contributed by atoms with Crippen molar-refractivity contribution in [3.8, 4) is 67.0 Å². The summed E-state index contributed by atoms with van der Waals surface area (Å²) in [6, 6.07) is 58.9. The molecule has 1 aliphatic rings. The fourth-order valence-corrected chi connectivity index (χ4v) is 6.82. The smallest absolute Gasteiger partial charge is 0.0715 e. The van der Waals surface area contributed by atoms with E-state index in [0.717, 1.165) is 28.1 Å². The third kappa shape index (κ3) is 4.87. The van der Waals surface area contributed by atoms with Crippen molar-refractivity contribution in [3.63, 3.8) is 0 Å². The van der Waals surface area contributed by atoms with Crippen molar-refractivity contribution in [2.24, 2.45) is 0 Å². The molecule has 1 aromatic heterocycles. The molecule has 6 aromatic carbocycles. The normalized spacial score (nSPS) is 12.8. The maximum absolute atomic E-state index is 5.18. The van der Waals surface area contributed by atoms with Crippen molar-refractivity contribution < 1.29 is 0 Å². The molecule has 0 saturated heterocycles. The van der Waals surface area contributed by atoms with Crippen molar-refractivity contribution in [2.45, 2.75) is 19.3 Å². The Kier molecular flexibility index (Phi) is 6.54.